The van der Waals surface area contributed by atoms with E-state index in [1.165, 1.54) is 11.3 Å². The van der Waals surface area contributed by atoms with Gasteiger partial charge in [-0.05, 0) is 25.5 Å². The van der Waals surface area contributed by atoms with Crippen molar-refractivity contribution in [3.8, 4) is 0 Å². The molecule has 0 radical (unpaired) electrons. The second-order valence-corrected chi connectivity index (χ2v) is 2.35. The van der Waals surface area contributed by atoms with Gasteiger partial charge < -0.3 is 5.32 Å². The van der Waals surface area contributed by atoms with Gasteiger partial charge in [0.05, 0.1) is 0 Å². The Morgan fingerprint density at radius 3 is 1.93 bits per heavy atom. The molecule has 0 aliphatic heterocycles. The first-order valence-corrected chi connectivity index (χ1v) is 5.64. The third-order valence-electron chi connectivity index (χ3n) is 1.51. The molecule has 0 fully saturated rings. The Balaban J connectivity index is 0. The molecule has 0 heterocycles. The first-order chi connectivity index (χ1) is 6.84. The van der Waals surface area contributed by atoms with E-state index in [1.807, 2.05) is 33.8 Å². The van der Waals surface area contributed by atoms with Gasteiger partial charge in [-0.1, -0.05) is 45.9 Å². The number of nitrogens with one attached hydrogen (secondary N) is 1. The third kappa shape index (κ3) is 6.53. The van der Waals surface area contributed by atoms with Gasteiger partial charge in [-0.25, -0.2) is 0 Å². The second kappa shape index (κ2) is 12.0. The molecule has 1 N–H and O–H groups in total. The molecule has 1 heteroatoms. The smallest absolute Gasteiger partial charge is 0.0369 e. The van der Waals surface area contributed by atoms with Crippen LogP contribution in [0.15, 0.2) is 24.3 Å². The molecule has 1 aromatic carbocycles. The molecule has 14 heavy (non-hydrogen) atoms. The van der Waals surface area contributed by atoms with E-state index in [-0.39, 0.29) is 0 Å². The highest BCUT2D eigenvalue weighted by molar-refractivity contribution is 5.49. The largest absolute Gasteiger partial charge is 0.385 e. The van der Waals surface area contributed by atoms with Gasteiger partial charge in [0.2, 0.25) is 0 Å². The van der Waals surface area contributed by atoms with Gasteiger partial charge in [0.1, 0.15) is 0 Å². The summed E-state index contributed by atoms with van der Waals surface area (Å²) < 4.78 is 0. The molecule has 0 unspecified atom stereocenters. The third-order valence-corrected chi connectivity index (χ3v) is 1.51. The van der Waals surface area contributed by atoms with E-state index in [4.69, 9.17) is 0 Å². The van der Waals surface area contributed by atoms with E-state index in [1.54, 1.807) is 0 Å². The zero-order chi connectivity index (χ0) is 11.4. The van der Waals surface area contributed by atoms with Crippen LogP contribution in [0.2, 0.25) is 0 Å². The van der Waals surface area contributed by atoms with E-state index in [2.05, 4.69) is 37.4 Å². The zero-order valence-corrected chi connectivity index (χ0v) is 10.5. The van der Waals surface area contributed by atoms with E-state index >= 15 is 0 Å². The molecule has 0 bridgehead atoms. The topological polar surface area (TPSA) is 12.0 Å². The average molecular weight is 195 g/mol. The number of benzene rings is 1. The highest BCUT2D eigenvalue weighted by Crippen LogP contribution is 2.11. The average Bonchev–Trinajstić information content (AvgIpc) is 2.28. The SMILES string of the molecule is CC.CC.CCNc1ccccc1C. The van der Waals surface area contributed by atoms with Gasteiger partial charge >= 0.3 is 0 Å². The Morgan fingerprint density at radius 1 is 1.00 bits per heavy atom. The number of aryl methyl sites for hydroxylation is 1. The maximum absolute atomic E-state index is 3.28. The molecule has 0 amide bonds. The van der Waals surface area contributed by atoms with Crippen molar-refractivity contribution in [2.75, 3.05) is 11.9 Å². The predicted molar refractivity (Wildman–Crippen MR) is 68.0 cm³/mol. The molecule has 0 saturated heterocycles. The lowest BCUT2D eigenvalue weighted by Gasteiger charge is -2.04. The molecule has 0 aromatic heterocycles. The maximum atomic E-state index is 3.28. The Kier molecular flexibility index (Phi) is 13.3. The van der Waals surface area contributed by atoms with Crippen molar-refractivity contribution in [1.82, 2.24) is 0 Å². The highest BCUT2D eigenvalue weighted by atomic mass is 14.9. The molecule has 0 atom stereocenters. The molecule has 1 rings (SSSR count). The number of rotatable bonds is 2. The van der Waals surface area contributed by atoms with Crippen LogP contribution < -0.4 is 5.32 Å². The highest BCUT2D eigenvalue weighted by Gasteiger charge is 1.90. The minimum Gasteiger partial charge on any atom is -0.385 e. The number of para-hydroxylation sites is 1. The monoisotopic (exact) mass is 195 g/mol. The van der Waals surface area contributed by atoms with Crippen LogP contribution >= 0.6 is 0 Å². The maximum Gasteiger partial charge on any atom is 0.0369 e. The van der Waals surface area contributed by atoms with Crippen molar-refractivity contribution >= 4 is 5.69 Å². The van der Waals surface area contributed by atoms with Gasteiger partial charge in [0.25, 0.3) is 0 Å². The fourth-order valence-electron chi connectivity index (χ4n) is 0.962. The van der Waals surface area contributed by atoms with Crippen LogP contribution in [-0.4, -0.2) is 6.54 Å². The van der Waals surface area contributed by atoms with Gasteiger partial charge in [-0.2, -0.15) is 0 Å². The summed E-state index contributed by atoms with van der Waals surface area (Å²) in [6, 6.07) is 8.30. The normalized spacial score (nSPS) is 7.57. The van der Waals surface area contributed by atoms with E-state index in [0.29, 0.717) is 0 Å². The van der Waals surface area contributed by atoms with Crippen LogP contribution in [0.25, 0.3) is 0 Å². The van der Waals surface area contributed by atoms with Crippen LogP contribution in [0.4, 0.5) is 5.69 Å². The molecular weight excluding hydrogens is 170 g/mol. The lowest BCUT2D eigenvalue weighted by Crippen LogP contribution is -1.97. The second-order valence-electron chi connectivity index (χ2n) is 2.35. The minimum atomic E-state index is 0.991. The van der Waals surface area contributed by atoms with Crippen LogP contribution in [0.5, 0.6) is 0 Å². The fraction of sp³-hybridized carbons (Fsp3) is 0.538. The first-order valence-electron chi connectivity index (χ1n) is 5.64. The molecular formula is C13H25N. The molecule has 0 aliphatic rings. The molecule has 1 aromatic rings. The Hall–Kier alpha value is -0.980. The summed E-state index contributed by atoms with van der Waals surface area (Å²) in [5.74, 6) is 0. The van der Waals surface area contributed by atoms with Gasteiger partial charge in [0, 0.05) is 12.2 Å². The van der Waals surface area contributed by atoms with Crippen LogP contribution in [-0.2, 0) is 0 Å². The molecule has 0 saturated carbocycles. The summed E-state index contributed by atoms with van der Waals surface area (Å²) in [5.41, 5.74) is 2.55. The van der Waals surface area contributed by atoms with Gasteiger partial charge in [0.15, 0.2) is 0 Å². The minimum absolute atomic E-state index is 0.991. The quantitative estimate of drug-likeness (QED) is 0.733. The lowest BCUT2D eigenvalue weighted by atomic mass is 10.2. The predicted octanol–water partition coefficient (Wildman–Crippen LogP) is 4.48. The number of hydrogen-bond donors (Lipinski definition) is 1. The van der Waals surface area contributed by atoms with Crippen molar-refractivity contribution in [3.05, 3.63) is 29.8 Å². The van der Waals surface area contributed by atoms with E-state index < -0.39 is 0 Å². The van der Waals surface area contributed by atoms with Crippen LogP contribution in [0.1, 0.15) is 40.2 Å². The molecule has 0 spiro atoms. The van der Waals surface area contributed by atoms with Crippen molar-refractivity contribution < 1.29 is 0 Å². The number of anilines is 1. The summed E-state index contributed by atoms with van der Waals surface area (Å²) in [4.78, 5) is 0. The summed E-state index contributed by atoms with van der Waals surface area (Å²) in [7, 11) is 0. The van der Waals surface area contributed by atoms with Gasteiger partial charge in [-0.15, -0.1) is 0 Å². The zero-order valence-electron chi connectivity index (χ0n) is 10.5. The van der Waals surface area contributed by atoms with Crippen molar-refractivity contribution in [3.63, 3.8) is 0 Å². The standard InChI is InChI=1S/C9H13N.2C2H6/c1-3-10-9-7-5-4-6-8(9)2;2*1-2/h4-7,10H,3H2,1-2H3;2*1-2H3. The van der Waals surface area contributed by atoms with Crippen molar-refractivity contribution in [2.45, 2.75) is 41.5 Å². The summed E-state index contributed by atoms with van der Waals surface area (Å²) in [6.07, 6.45) is 0. The van der Waals surface area contributed by atoms with Crippen molar-refractivity contribution in [1.29, 1.82) is 0 Å². The summed E-state index contributed by atoms with van der Waals surface area (Å²) >= 11 is 0. The Labute approximate surface area is 89.5 Å². The van der Waals surface area contributed by atoms with Gasteiger partial charge in [-0.3, -0.25) is 0 Å². The summed E-state index contributed by atoms with van der Waals surface area (Å²) in [6.45, 7) is 13.2. The molecule has 1 nitrogen and oxygen atoms in total. The first kappa shape index (κ1) is 15.5. The van der Waals surface area contributed by atoms with E-state index in [9.17, 15) is 0 Å². The van der Waals surface area contributed by atoms with Crippen molar-refractivity contribution in [2.24, 2.45) is 0 Å². The van der Waals surface area contributed by atoms with E-state index in [0.717, 1.165) is 6.54 Å². The summed E-state index contributed by atoms with van der Waals surface area (Å²) in [5, 5.41) is 3.28. The molecule has 82 valence electrons. The fourth-order valence-corrected chi connectivity index (χ4v) is 0.962. The number of hydrogen-bond acceptors (Lipinski definition) is 1. The lowest BCUT2D eigenvalue weighted by molar-refractivity contribution is 1.20. The Morgan fingerprint density at radius 2 is 1.50 bits per heavy atom. The Bertz CT molecular complexity index is 206. The van der Waals surface area contributed by atoms with Crippen LogP contribution in [0.3, 0.4) is 0 Å². The van der Waals surface area contributed by atoms with Crippen LogP contribution in [0, 0.1) is 6.92 Å². The molecule has 0 aliphatic carbocycles.